The molecule has 1 unspecified atom stereocenters. The van der Waals surface area contributed by atoms with Gasteiger partial charge in [-0.15, -0.1) is 0 Å². The van der Waals surface area contributed by atoms with Crippen molar-refractivity contribution in [2.24, 2.45) is 69.0 Å². The monoisotopic (exact) mass is 524 g/mol. The highest BCUT2D eigenvalue weighted by atomic mass is 16.6. The van der Waals surface area contributed by atoms with Gasteiger partial charge in [0.2, 0.25) is 0 Å². The van der Waals surface area contributed by atoms with Crippen LogP contribution < -0.4 is 0 Å². The lowest BCUT2D eigenvalue weighted by atomic mass is 9.39. The van der Waals surface area contributed by atoms with Gasteiger partial charge in [-0.2, -0.15) is 0 Å². The Bertz CT molecular complexity index is 1070. The predicted octanol–water partition coefficient (Wildman–Crippen LogP) is 7.45. The molecule has 0 bridgehead atoms. The van der Waals surface area contributed by atoms with Crippen LogP contribution in [0.15, 0.2) is 11.6 Å². The van der Waals surface area contributed by atoms with Gasteiger partial charge in [-0.1, -0.05) is 67.9 Å². The second-order valence-corrected chi connectivity index (χ2v) is 15.8. The third-order valence-electron chi connectivity index (χ3n) is 14.0. The maximum Gasteiger partial charge on any atom is 0.309 e. The van der Waals surface area contributed by atoms with Crippen LogP contribution in [0.3, 0.4) is 0 Å². The number of hydrogen-bond acceptors (Lipinski definition) is 4. The average molecular weight is 525 g/mol. The van der Waals surface area contributed by atoms with Crippen molar-refractivity contribution in [2.45, 2.75) is 114 Å². The van der Waals surface area contributed by atoms with Crippen molar-refractivity contribution in [1.82, 2.24) is 0 Å². The molecule has 5 rings (SSSR count). The first-order valence-electron chi connectivity index (χ1n) is 15.5. The lowest BCUT2D eigenvalue weighted by molar-refractivity contribution is -0.145. The Morgan fingerprint density at radius 1 is 1.00 bits per heavy atom. The number of ketones is 2. The summed E-state index contributed by atoms with van der Waals surface area (Å²) in [5.74, 6) is 2.72. The standard InChI is InChI=1S/C34H52O4/c1-18-13-26-27(35)16-25-24(32(26,8)17-19(18)2)14-20(3)34(10)28(11-12-33(25,34)9)31(6,7)29(36)15-23-21(4)30(37)38-22(23)5/h16,18-24,26,28H,11-15,17H2,1-10H3/t18-,19+,20-,21+,22+,23+,24?,26+,28-,32-,33+,34-/m1/s1. The average Bonchev–Trinajstić information content (AvgIpc) is 3.25. The first kappa shape index (κ1) is 28.1. The fraction of sp³-hybridized carbons (Fsp3) is 0.853. The molecule has 4 heteroatoms. The van der Waals surface area contributed by atoms with Gasteiger partial charge in [0.05, 0.1) is 5.92 Å². The summed E-state index contributed by atoms with van der Waals surface area (Å²) in [5.41, 5.74) is 0.798. The maximum absolute atomic E-state index is 14.0. The SMILES string of the molecule is C[C@@H]1C[C@H]2C(=O)C=C3C(C[C@@H](C)[C@]4(C)[C@@H](C(C)(C)C(=O)C[C@@H]5[C@H](C)OC(=O)[C@H]5C)CC[C@@]34C)[C@@]2(C)C[C@@H]1C. The zero-order valence-electron chi connectivity index (χ0n) is 25.6. The summed E-state index contributed by atoms with van der Waals surface area (Å²) in [7, 11) is 0. The van der Waals surface area contributed by atoms with E-state index < -0.39 is 5.41 Å². The number of carbonyl (C=O) groups excluding carboxylic acids is 3. The zero-order chi connectivity index (χ0) is 28.2. The molecular formula is C34H52O4. The smallest absolute Gasteiger partial charge is 0.309 e. The van der Waals surface area contributed by atoms with Crippen LogP contribution in [0.25, 0.3) is 0 Å². The molecular weight excluding hydrogens is 472 g/mol. The minimum atomic E-state index is -0.501. The molecule has 0 amide bonds. The Labute approximate surface area is 231 Å². The molecule has 3 saturated carbocycles. The van der Waals surface area contributed by atoms with Crippen LogP contribution in [0.2, 0.25) is 0 Å². The highest BCUT2D eigenvalue weighted by molar-refractivity contribution is 5.95. The Hall–Kier alpha value is -1.45. The molecule has 0 N–H and O–H groups in total. The van der Waals surface area contributed by atoms with Gasteiger partial charge in [0.25, 0.3) is 0 Å². The molecule has 1 aliphatic heterocycles. The second kappa shape index (κ2) is 8.77. The van der Waals surface area contributed by atoms with Crippen LogP contribution in [-0.4, -0.2) is 23.6 Å². The van der Waals surface area contributed by atoms with Gasteiger partial charge in [0.15, 0.2) is 5.78 Å². The van der Waals surface area contributed by atoms with E-state index >= 15 is 0 Å². The van der Waals surface area contributed by atoms with Crippen LogP contribution in [0, 0.1) is 69.0 Å². The number of rotatable bonds is 4. The molecule has 4 fully saturated rings. The molecule has 1 saturated heterocycles. The first-order valence-corrected chi connectivity index (χ1v) is 15.5. The summed E-state index contributed by atoms with van der Waals surface area (Å²) < 4.78 is 5.47. The molecule has 4 nitrogen and oxygen atoms in total. The van der Waals surface area contributed by atoms with Crippen molar-refractivity contribution in [3.05, 3.63) is 11.6 Å². The summed E-state index contributed by atoms with van der Waals surface area (Å²) in [6, 6.07) is 0. The Kier molecular flexibility index (Phi) is 6.49. The van der Waals surface area contributed by atoms with Crippen molar-refractivity contribution < 1.29 is 19.1 Å². The Morgan fingerprint density at radius 2 is 1.66 bits per heavy atom. The number of allylic oxidation sites excluding steroid dienone is 2. The van der Waals surface area contributed by atoms with Crippen LogP contribution in [-0.2, 0) is 19.1 Å². The van der Waals surface area contributed by atoms with E-state index in [0.29, 0.717) is 35.9 Å². The molecule has 0 aromatic rings. The van der Waals surface area contributed by atoms with Crippen LogP contribution in [0.1, 0.15) is 108 Å². The quantitative estimate of drug-likeness (QED) is 0.358. The summed E-state index contributed by atoms with van der Waals surface area (Å²) in [5, 5.41) is 0. The van der Waals surface area contributed by atoms with E-state index in [1.165, 1.54) is 5.57 Å². The van der Waals surface area contributed by atoms with Gasteiger partial charge in [0.1, 0.15) is 11.9 Å². The summed E-state index contributed by atoms with van der Waals surface area (Å²) in [6.45, 7) is 22.6. The van der Waals surface area contributed by atoms with E-state index in [1.807, 2.05) is 13.8 Å². The van der Waals surface area contributed by atoms with Crippen LogP contribution >= 0.6 is 0 Å². The fourth-order valence-corrected chi connectivity index (χ4v) is 10.8. The number of fused-ring (bicyclic) bond motifs is 5. The fourth-order valence-electron chi connectivity index (χ4n) is 10.8. The number of carbonyl (C=O) groups is 3. The van der Waals surface area contributed by atoms with E-state index in [0.717, 1.165) is 32.1 Å². The minimum Gasteiger partial charge on any atom is -0.462 e. The zero-order valence-corrected chi connectivity index (χ0v) is 25.6. The Balaban J connectivity index is 1.49. The normalized spacial score (nSPS) is 50.6. The van der Waals surface area contributed by atoms with Gasteiger partial charge in [-0.3, -0.25) is 14.4 Å². The molecule has 38 heavy (non-hydrogen) atoms. The lowest BCUT2D eigenvalue weighted by Gasteiger charge is -2.64. The molecule has 12 atom stereocenters. The minimum absolute atomic E-state index is 0.0381. The van der Waals surface area contributed by atoms with Crippen molar-refractivity contribution >= 4 is 17.5 Å². The van der Waals surface area contributed by atoms with Gasteiger partial charge in [0, 0.05) is 23.7 Å². The predicted molar refractivity (Wildman–Crippen MR) is 150 cm³/mol. The Morgan fingerprint density at radius 3 is 2.26 bits per heavy atom. The van der Waals surface area contributed by atoms with E-state index in [1.54, 1.807) is 0 Å². The summed E-state index contributed by atoms with van der Waals surface area (Å²) in [6.07, 6.45) is 7.61. The maximum atomic E-state index is 14.0. The van der Waals surface area contributed by atoms with E-state index in [-0.39, 0.29) is 57.8 Å². The highest BCUT2D eigenvalue weighted by Crippen LogP contribution is 2.75. The van der Waals surface area contributed by atoms with Gasteiger partial charge < -0.3 is 4.74 Å². The van der Waals surface area contributed by atoms with Gasteiger partial charge in [-0.25, -0.2) is 0 Å². The van der Waals surface area contributed by atoms with Crippen molar-refractivity contribution in [2.75, 3.05) is 0 Å². The van der Waals surface area contributed by atoms with Gasteiger partial charge in [-0.05, 0) is 90.9 Å². The molecule has 212 valence electrons. The molecule has 5 aliphatic rings. The number of hydrogen-bond donors (Lipinski definition) is 0. The van der Waals surface area contributed by atoms with E-state index in [2.05, 4.69) is 61.5 Å². The van der Waals surface area contributed by atoms with Crippen molar-refractivity contribution in [3.63, 3.8) is 0 Å². The van der Waals surface area contributed by atoms with E-state index in [4.69, 9.17) is 4.74 Å². The number of ether oxygens (including phenoxy) is 1. The largest absolute Gasteiger partial charge is 0.462 e. The molecule has 4 aliphatic carbocycles. The van der Waals surface area contributed by atoms with E-state index in [9.17, 15) is 14.4 Å². The van der Waals surface area contributed by atoms with Gasteiger partial charge >= 0.3 is 5.97 Å². The molecule has 0 radical (unpaired) electrons. The topological polar surface area (TPSA) is 60.4 Å². The molecule has 0 aromatic heterocycles. The molecule has 1 heterocycles. The number of Topliss-reactive ketones (excluding diaryl/α,β-unsaturated/α-hetero) is 1. The van der Waals surface area contributed by atoms with Crippen LogP contribution in [0.5, 0.6) is 0 Å². The summed E-state index contributed by atoms with van der Waals surface area (Å²) >= 11 is 0. The van der Waals surface area contributed by atoms with Crippen LogP contribution in [0.4, 0.5) is 0 Å². The van der Waals surface area contributed by atoms with Crippen molar-refractivity contribution in [3.8, 4) is 0 Å². The number of cyclic esters (lactones) is 1. The third kappa shape index (κ3) is 3.56. The number of esters is 1. The highest BCUT2D eigenvalue weighted by Gasteiger charge is 2.69. The lowest BCUT2D eigenvalue weighted by Crippen LogP contribution is -2.59. The van der Waals surface area contributed by atoms with Crippen molar-refractivity contribution in [1.29, 1.82) is 0 Å². The first-order chi connectivity index (χ1) is 17.5. The molecule has 0 aromatic carbocycles. The third-order valence-corrected chi connectivity index (χ3v) is 14.0. The second-order valence-electron chi connectivity index (χ2n) is 15.8. The molecule has 0 spiro atoms. The summed E-state index contributed by atoms with van der Waals surface area (Å²) in [4.78, 5) is 40.0.